The summed E-state index contributed by atoms with van der Waals surface area (Å²) in [6.45, 7) is 21.3. The first kappa shape index (κ1) is 25.8. The van der Waals surface area contributed by atoms with Crippen molar-refractivity contribution in [1.82, 2.24) is 0 Å². The summed E-state index contributed by atoms with van der Waals surface area (Å²) in [7, 11) is 0. The van der Waals surface area contributed by atoms with E-state index in [1.54, 1.807) is 6.92 Å². The molecule has 0 aromatic heterocycles. The molecule has 0 aromatic carbocycles. The van der Waals surface area contributed by atoms with Crippen LogP contribution in [-0.2, 0) is 9.53 Å². The molecule has 5 aliphatic carbocycles. The Balaban J connectivity index is 1.51. The monoisotopic (exact) mass is 484 g/mol. The summed E-state index contributed by atoms with van der Waals surface area (Å²) in [5.74, 6) is 3.07. The molecule has 3 heteroatoms. The highest BCUT2D eigenvalue weighted by atomic mass is 16.5. The van der Waals surface area contributed by atoms with E-state index >= 15 is 0 Å². The molecule has 2 unspecified atom stereocenters. The fourth-order valence-corrected chi connectivity index (χ4v) is 11.9. The highest BCUT2D eigenvalue weighted by Crippen LogP contribution is 2.77. The highest BCUT2D eigenvalue weighted by molar-refractivity contribution is 5.66. The normalized spacial score (nSPS) is 52.5. The van der Waals surface area contributed by atoms with Gasteiger partial charge in [0.15, 0.2) is 0 Å². The van der Waals surface area contributed by atoms with Crippen molar-refractivity contribution in [3.63, 3.8) is 0 Å². The minimum absolute atomic E-state index is 0.0207. The van der Waals surface area contributed by atoms with Gasteiger partial charge in [0, 0.05) is 18.9 Å². The zero-order valence-electron chi connectivity index (χ0n) is 23.7. The number of hydrogen-bond acceptors (Lipinski definition) is 3. The number of ether oxygens (including phenoxy) is 1. The Morgan fingerprint density at radius 1 is 0.857 bits per heavy atom. The SMILES string of the molecule is C=C(C)[C@@H]1CC[C@]2(CO)CC[C@]3(C)[C@H](CC[C@@H]4[C@@]5(C)CC[C@@H](OC(C)=O)C(C)(C)C5CC[C@]43C)C12. The number of rotatable bonds is 3. The van der Waals surface area contributed by atoms with Crippen molar-refractivity contribution in [3.8, 4) is 0 Å². The van der Waals surface area contributed by atoms with E-state index in [-0.39, 0.29) is 22.9 Å². The molecule has 5 saturated carbocycles. The summed E-state index contributed by atoms with van der Waals surface area (Å²) in [5.41, 5.74) is 2.45. The van der Waals surface area contributed by atoms with Crippen molar-refractivity contribution < 1.29 is 14.6 Å². The Morgan fingerprint density at radius 2 is 1.57 bits per heavy atom. The van der Waals surface area contributed by atoms with Crippen LogP contribution in [0.2, 0.25) is 0 Å². The van der Waals surface area contributed by atoms with E-state index in [9.17, 15) is 9.90 Å². The van der Waals surface area contributed by atoms with Gasteiger partial charge in [0.25, 0.3) is 0 Å². The number of hydrogen-bond donors (Lipinski definition) is 1. The molecule has 0 radical (unpaired) electrons. The lowest BCUT2D eigenvalue weighted by Crippen LogP contribution is -2.67. The summed E-state index contributed by atoms with van der Waals surface area (Å²) < 4.78 is 5.90. The average molecular weight is 485 g/mol. The van der Waals surface area contributed by atoms with Gasteiger partial charge in [-0.3, -0.25) is 4.79 Å². The van der Waals surface area contributed by atoms with Gasteiger partial charge < -0.3 is 9.84 Å². The number of aliphatic hydroxyl groups excluding tert-OH is 1. The maximum Gasteiger partial charge on any atom is 0.302 e. The zero-order chi connectivity index (χ0) is 25.6. The van der Waals surface area contributed by atoms with Crippen molar-refractivity contribution >= 4 is 5.97 Å². The molecule has 10 atom stereocenters. The van der Waals surface area contributed by atoms with E-state index in [4.69, 9.17) is 4.74 Å². The molecule has 35 heavy (non-hydrogen) atoms. The molecule has 0 heterocycles. The van der Waals surface area contributed by atoms with Gasteiger partial charge in [0.05, 0.1) is 0 Å². The predicted octanol–water partition coefficient (Wildman–Crippen LogP) is 7.57. The second-order valence-electron chi connectivity index (χ2n) is 15.2. The third-order valence-corrected chi connectivity index (χ3v) is 13.8. The molecule has 5 aliphatic rings. The molecular formula is C32H52O3. The number of aliphatic hydroxyl groups is 1. The first-order chi connectivity index (χ1) is 16.3. The molecule has 0 bridgehead atoms. The van der Waals surface area contributed by atoms with Crippen LogP contribution in [-0.4, -0.2) is 23.8 Å². The summed E-state index contributed by atoms with van der Waals surface area (Å²) in [6.07, 6.45) is 12.2. The molecule has 0 saturated heterocycles. The smallest absolute Gasteiger partial charge is 0.302 e. The van der Waals surface area contributed by atoms with Crippen molar-refractivity contribution in [2.45, 2.75) is 119 Å². The number of esters is 1. The van der Waals surface area contributed by atoms with E-state index < -0.39 is 0 Å². The lowest BCUT2D eigenvalue weighted by Gasteiger charge is -2.73. The topological polar surface area (TPSA) is 46.5 Å². The molecule has 0 amide bonds. The van der Waals surface area contributed by atoms with Crippen LogP contribution in [0.3, 0.4) is 0 Å². The summed E-state index contributed by atoms with van der Waals surface area (Å²) in [5, 5.41) is 10.7. The van der Waals surface area contributed by atoms with Gasteiger partial charge in [-0.15, -0.1) is 0 Å². The minimum Gasteiger partial charge on any atom is -0.462 e. The fraction of sp³-hybridized carbons (Fsp3) is 0.906. The molecule has 1 N–H and O–H groups in total. The second-order valence-corrected chi connectivity index (χ2v) is 15.2. The van der Waals surface area contributed by atoms with Crippen LogP contribution in [0, 0.1) is 56.7 Å². The van der Waals surface area contributed by atoms with Crippen LogP contribution in [0.4, 0.5) is 0 Å². The van der Waals surface area contributed by atoms with Crippen molar-refractivity contribution in [1.29, 1.82) is 0 Å². The maximum atomic E-state index is 11.9. The number of carbonyl (C=O) groups is 1. The molecule has 0 aliphatic heterocycles. The average Bonchev–Trinajstić information content (AvgIpc) is 3.16. The van der Waals surface area contributed by atoms with Gasteiger partial charge in [-0.2, -0.15) is 0 Å². The van der Waals surface area contributed by atoms with Gasteiger partial charge in [-0.05, 0) is 122 Å². The molecule has 0 aromatic rings. The van der Waals surface area contributed by atoms with Gasteiger partial charge in [0.1, 0.15) is 6.10 Å². The third-order valence-electron chi connectivity index (χ3n) is 13.8. The van der Waals surface area contributed by atoms with Crippen LogP contribution in [0.1, 0.15) is 113 Å². The molecule has 198 valence electrons. The van der Waals surface area contributed by atoms with E-state index in [1.807, 2.05) is 0 Å². The Bertz CT molecular complexity index is 891. The largest absolute Gasteiger partial charge is 0.462 e. The van der Waals surface area contributed by atoms with Crippen LogP contribution in [0.25, 0.3) is 0 Å². The molecular weight excluding hydrogens is 432 g/mol. The molecule has 0 spiro atoms. The van der Waals surface area contributed by atoms with Gasteiger partial charge in [-0.25, -0.2) is 0 Å². The number of fused-ring (bicyclic) bond motifs is 7. The van der Waals surface area contributed by atoms with Gasteiger partial charge in [-0.1, -0.05) is 46.8 Å². The number of allylic oxidation sites excluding steroid dienone is 1. The van der Waals surface area contributed by atoms with E-state index in [0.29, 0.717) is 46.5 Å². The summed E-state index contributed by atoms with van der Waals surface area (Å²) in [6, 6.07) is 0. The second kappa shape index (κ2) is 8.08. The minimum atomic E-state index is -0.126. The highest BCUT2D eigenvalue weighted by Gasteiger charge is 2.71. The summed E-state index contributed by atoms with van der Waals surface area (Å²) >= 11 is 0. The molecule has 5 rings (SSSR count). The van der Waals surface area contributed by atoms with E-state index in [0.717, 1.165) is 12.3 Å². The molecule has 3 nitrogen and oxygen atoms in total. The van der Waals surface area contributed by atoms with Crippen molar-refractivity contribution in [2.24, 2.45) is 56.7 Å². The van der Waals surface area contributed by atoms with Gasteiger partial charge in [0.2, 0.25) is 0 Å². The first-order valence-corrected chi connectivity index (χ1v) is 14.7. The van der Waals surface area contributed by atoms with Crippen LogP contribution < -0.4 is 0 Å². The van der Waals surface area contributed by atoms with E-state index in [2.05, 4.69) is 48.1 Å². The molecule has 5 fully saturated rings. The maximum absolute atomic E-state index is 11.9. The van der Waals surface area contributed by atoms with Crippen LogP contribution in [0.15, 0.2) is 12.2 Å². The Morgan fingerprint density at radius 3 is 2.20 bits per heavy atom. The Hall–Kier alpha value is -0.830. The zero-order valence-corrected chi connectivity index (χ0v) is 23.7. The predicted molar refractivity (Wildman–Crippen MR) is 142 cm³/mol. The Kier molecular flexibility index (Phi) is 5.96. The number of carbonyl (C=O) groups excluding carboxylic acids is 1. The lowest BCUT2D eigenvalue weighted by atomic mass is 9.32. The van der Waals surface area contributed by atoms with Crippen LogP contribution >= 0.6 is 0 Å². The third kappa shape index (κ3) is 3.28. The van der Waals surface area contributed by atoms with Crippen LogP contribution in [0.5, 0.6) is 0 Å². The van der Waals surface area contributed by atoms with Crippen molar-refractivity contribution in [3.05, 3.63) is 12.2 Å². The standard InChI is InChI=1S/C32H52O3/c1-20(2)22-11-16-32(19-33)18-17-30(7)23(27(22)32)9-10-25-29(6)14-13-26(35-21(3)34)28(4,5)24(29)12-15-31(25,30)8/h22-27,33H,1,9-19H2,2-8H3/t22-,23+,24?,25+,26+,27?,29-,30+,31+,32+/m0/s1. The van der Waals surface area contributed by atoms with Crippen molar-refractivity contribution in [2.75, 3.05) is 6.61 Å². The first-order valence-electron chi connectivity index (χ1n) is 14.7. The quantitative estimate of drug-likeness (QED) is 0.332. The Labute approximate surface area is 214 Å². The summed E-state index contributed by atoms with van der Waals surface area (Å²) in [4.78, 5) is 11.9. The lowest BCUT2D eigenvalue weighted by molar-refractivity contribution is -0.251. The van der Waals surface area contributed by atoms with E-state index in [1.165, 1.54) is 63.4 Å². The van der Waals surface area contributed by atoms with Gasteiger partial charge >= 0.3 is 5.97 Å². The fourth-order valence-electron chi connectivity index (χ4n) is 11.9.